The first kappa shape index (κ1) is 14.8. The topological polar surface area (TPSA) is 84.2 Å². The van der Waals surface area contributed by atoms with Crippen molar-refractivity contribution in [3.8, 4) is 0 Å². The van der Waals surface area contributed by atoms with Crippen molar-refractivity contribution >= 4 is 21.6 Å². The second-order valence-corrected chi connectivity index (χ2v) is 6.91. The minimum Gasteiger partial charge on any atom is -0.396 e. The maximum Gasteiger partial charge on any atom is 0.259 e. The van der Waals surface area contributed by atoms with Gasteiger partial charge in [-0.1, -0.05) is 24.4 Å². The van der Waals surface area contributed by atoms with E-state index in [0.29, 0.717) is 0 Å². The number of sulfonamides is 1. The quantitative estimate of drug-likeness (QED) is 0.865. The van der Waals surface area contributed by atoms with Crippen LogP contribution in [0.3, 0.4) is 0 Å². The smallest absolute Gasteiger partial charge is 0.259 e. The van der Waals surface area contributed by atoms with Gasteiger partial charge in [-0.25, -0.2) is 13.1 Å². The molecular weight excluding hydrogens is 290 g/mol. The average molecular weight is 308 g/mol. The maximum absolute atomic E-state index is 12.3. The Bertz CT molecular complexity index is 524. The van der Waals surface area contributed by atoms with Crippen molar-refractivity contribution in [2.24, 2.45) is 13.0 Å². The summed E-state index contributed by atoms with van der Waals surface area (Å²) in [6, 6.07) is -0.241. The molecule has 6 nitrogen and oxygen atoms in total. The molecule has 2 atom stereocenters. The molecule has 1 fully saturated rings. The van der Waals surface area contributed by atoms with Crippen molar-refractivity contribution in [3.63, 3.8) is 0 Å². The zero-order chi connectivity index (χ0) is 14.0. The number of aromatic nitrogens is 2. The summed E-state index contributed by atoms with van der Waals surface area (Å²) < 4.78 is 28.5. The summed E-state index contributed by atoms with van der Waals surface area (Å²) in [4.78, 5) is 0. The lowest BCUT2D eigenvalue weighted by molar-refractivity contribution is 0.164. The second kappa shape index (κ2) is 5.78. The molecule has 8 heteroatoms. The third-order valence-electron chi connectivity index (χ3n) is 3.55. The van der Waals surface area contributed by atoms with Crippen LogP contribution in [0.1, 0.15) is 25.7 Å². The Morgan fingerprint density at radius 2 is 2.21 bits per heavy atom. The molecule has 2 unspecified atom stereocenters. The molecule has 19 heavy (non-hydrogen) atoms. The van der Waals surface area contributed by atoms with Gasteiger partial charge in [0.2, 0.25) is 0 Å². The highest BCUT2D eigenvalue weighted by atomic mass is 35.5. The Hall–Kier alpha value is -0.630. The predicted octanol–water partition coefficient (Wildman–Crippen LogP) is 0.903. The lowest BCUT2D eigenvalue weighted by Gasteiger charge is -2.30. The summed E-state index contributed by atoms with van der Waals surface area (Å²) in [6.45, 7) is -0.00763. The van der Waals surface area contributed by atoms with Gasteiger partial charge >= 0.3 is 0 Å². The highest BCUT2D eigenvalue weighted by Gasteiger charge is 2.31. The molecule has 108 valence electrons. The molecule has 0 radical (unpaired) electrons. The second-order valence-electron chi connectivity index (χ2n) is 4.88. The molecule has 2 N–H and O–H groups in total. The highest BCUT2D eigenvalue weighted by Crippen LogP contribution is 2.27. The van der Waals surface area contributed by atoms with Gasteiger partial charge in [-0.3, -0.25) is 4.68 Å². The van der Waals surface area contributed by atoms with Crippen LogP contribution in [-0.2, 0) is 17.1 Å². The van der Waals surface area contributed by atoms with Gasteiger partial charge in [0.1, 0.15) is 0 Å². The van der Waals surface area contributed by atoms with Gasteiger partial charge in [-0.2, -0.15) is 5.10 Å². The molecular formula is C11H18ClN3O3S. The molecule has 1 aromatic heterocycles. The molecule has 1 aliphatic carbocycles. The molecule has 1 aliphatic rings. The van der Waals surface area contributed by atoms with Crippen molar-refractivity contribution in [3.05, 3.63) is 11.2 Å². The number of aliphatic hydroxyl groups excluding tert-OH is 1. The zero-order valence-electron chi connectivity index (χ0n) is 10.7. The maximum atomic E-state index is 12.3. The molecule has 0 aromatic carbocycles. The van der Waals surface area contributed by atoms with Gasteiger partial charge in [-0.05, 0) is 18.8 Å². The standard InChI is InChI=1S/C11H18ClN3O3S/c1-15-11(9(12)6-13-15)19(17,18)14-10-5-3-2-4-8(10)7-16/h6,8,10,14,16H,2-5,7H2,1H3. The molecule has 0 amide bonds. The number of halogens is 1. The Morgan fingerprint density at radius 3 is 2.79 bits per heavy atom. The lowest BCUT2D eigenvalue weighted by Crippen LogP contribution is -2.43. The van der Waals surface area contributed by atoms with Gasteiger partial charge in [0.15, 0.2) is 5.03 Å². The van der Waals surface area contributed by atoms with E-state index in [4.69, 9.17) is 11.6 Å². The fraction of sp³-hybridized carbons (Fsp3) is 0.727. The lowest BCUT2D eigenvalue weighted by atomic mass is 9.86. The molecule has 0 bridgehead atoms. The van der Waals surface area contributed by atoms with Gasteiger partial charge in [0, 0.05) is 19.7 Å². The zero-order valence-corrected chi connectivity index (χ0v) is 12.3. The van der Waals surface area contributed by atoms with E-state index in [2.05, 4.69) is 9.82 Å². The molecule has 0 aliphatic heterocycles. The minimum atomic E-state index is -3.71. The molecule has 1 saturated carbocycles. The average Bonchev–Trinajstić information content (AvgIpc) is 2.70. The number of hydrogen-bond donors (Lipinski definition) is 2. The summed E-state index contributed by atoms with van der Waals surface area (Å²) >= 11 is 5.87. The summed E-state index contributed by atoms with van der Waals surface area (Å²) in [7, 11) is -2.18. The van der Waals surface area contributed by atoms with E-state index in [0.717, 1.165) is 25.7 Å². The van der Waals surface area contributed by atoms with Crippen LogP contribution in [0.2, 0.25) is 5.02 Å². The third kappa shape index (κ3) is 3.10. The number of nitrogens with zero attached hydrogens (tertiary/aromatic N) is 2. The van der Waals surface area contributed by atoms with Crippen LogP contribution in [0.5, 0.6) is 0 Å². The van der Waals surface area contributed by atoms with Crippen molar-refractivity contribution in [2.75, 3.05) is 6.61 Å². The van der Waals surface area contributed by atoms with Crippen LogP contribution in [0, 0.1) is 5.92 Å². The van der Waals surface area contributed by atoms with Crippen LogP contribution >= 0.6 is 11.6 Å². The van der Waals surface area contributed by atoms with E-state index in [-0.39, 0.29) is 28.6 Å². The van der Waals surface area contributed by atoms with Crippen LogP contribution in [0.15, 0.2) is 11.2 Å². The third-order valence-corrected chi connectivity index (χ3v) is 5.54. The number of rotatable bonds is 4. The first-order valence-corrected chi connectivity index (χ1v) is 8.12. The fourth-order valence-electron chi connectivity index (χ4n) is 2.54. The van der Waals surface area contributed by atoms with Crippen molar-refractivity contribution < 1.29 is 13.5 Å². The first-order valence-electron chi connectivity index (χ1n) is 6.26. The van der Waals surface area contributed by atoms with Crippen LogP contribution in [0.25, 0.3) is 0 Å². The molecule has 2 rings (SSSR count). The van der Waals surface area contributed by atoms with Crippen molar-refractivity contribution in [2.45, 2.75) is 36.8 Å². The van der Waals surface area contributed by atoms with Crippen LogP contribution in [-0.4, -0.2) is 36.0 Å². The van der Waals surface area contributed by atoms with Crippen molar-refractivity contribution in [1.82, 2.24) is 14.5 Å². The van der Waals surface area contributed by atoms with E-state index in [1.807, 2.05) is 0 Å². The number of aryl methyl sites for hydroxylation is 1. The van der Waals surface area contributed by atoms with E-state index >= 15 is 0 Å². The molecule has 0 spiro atoms. The predicted molar refractivity (Wildman–Crippen MR) is 71.4 cm³/mol. The van der Waals surface area contributed by atoms with Gasteiger partial charge in [0.05, 0.1) is 11.2 Å². The fourth-order valence-corrected chi connectivity index (χ4v) is 4.53. The van der Waals surface area contributed by atoms with E-state index in [1.165, 1.54) is 17.9 Å². The van der Waals surface area contributed by atoms with Crippen molar-refractivity contribution in [1.29, 1.82) is 0 Å². The van der Waals surface area contributed by atoms with Gasteiger partial charge in [-0.15, -0.1) is 0 Å². The van der Waals surface area contributed by atoms with E-state index in [9.17, 15) is 13.5 Å². The largest absolute Gasteiger partial charge is 0.396 e. The summed E-state index contributed by atoms with van der Waals surface area (Å²) in [5.41, 5.74) is 0. The number of nitrogens with one attached hydrogen (secondary N) is 1. The van der Waals surface area contributed by atoms with E-state index in [1.54, 1.807) is 0 Å². The minimum absolute atomic E-state index is 0.00763. The van der Waals surface area contributed by atoms with Gasteiger partial charge < -0.3 is 5.11 Å². The summed E-state index contributed by atoms with van der Waals surface area (Å²) in [6.07, 6.45) is 4.86. The normalized spacial score (nSPS) is 24.6. The Labute approximate surface area is 117 Å². The monoisotopic (exact) mass is 307 g/mol. The first-order chi connectivity index (χ1) is 8.95. The molecule has 0 saturated heterocycles. The Kier molecular flexibility index (Phi) is 4.50. The summed E-state index contributed by atoms with van der Waals surface area (Å²) in [5.74, 6) is -0.0319. The van der Waals surface area contributed by atoms with Crippen LogP contribution in [0.4, 0.5) is 0 Å². The number of aliphatic hydroxyl groups is 1. The van der Waals surface area contributed by atoms with Crippen LogP contribution < -0.4 is 4.72 Å². The van der Waals surface area contributed by atoms with E-state index < -0.39 is 10.0 Å². The molecule has 1 aromatic rings. The Morgan fingerprint density at radius 1 is 1.53 bits per heavy atom. The SMILES string of the molecule is Cn1ncc(Cl)c1S(=O)(=O)NC1CCCCC1CO. The van der Waals surface area contributed by atoms with Gasteiger partial charge in [0.25, 0.3) is 10.0 Å². The highest BCUT2D eigenvalue weighted by molar-refractivity contribution is 7.89. The molecule has 1 heterocycles. The number of hydrogen-bond acceptors (Lipinski definition) is 4. The Balaban J connectivity index is 2.21. The summed E-state index contributed by atoms with van der Waals surface area (Å²) in [5, 5.41) is 13.2.